The Kier molecular flexibility index (Phi) is 4.51. The lowest BCUT2D eigenvalue weighted by atomic mass is 10.2. The molecule has 0 aliphatic rings. The smallest absolute Gasteiger partial charge is 0.292 e. The summed E-state index contributed by atoms with van der Waals surface area (Å²) in [5.41, 5.74) is 1.74. The van der Waals surface area contributed by atoms with Gasteiger partial charge < -0.3 is 5.32 Å². The van der Waals surface area contributed by atoms with Gasteiger partial charge in [0, 0.05) is 11.8 Å². The van der Waals surface area contributed by atoms with Crippen molar-refractivity contribution in [2.45, 2.75) is 11.8 Å². The average molecular weight is 408 g/mol. The normalized spacial score (nSPS) is 11.5. The van der Waals surface area contributed by atoms with Crippen LogP contribution < -0.4 is 5.32 Å². The second kappa shape index (κ2) is 7.02. The lowest BCUT2D eigenvalue weighted by Gasteiger charge is -2.09. The number of anilines is 2. The zero-order valence-electron chi connectivity index (χ0n) is 15.3. The van der Waals surface area contributed by atoms with Crippen LogP contribution in [0.2, 0.25) is 0 Å². The van der Waals surface area contributed by atoms with Crippen molar-refractivity contribution in [1.82, 2.24) is 8.96 Å². The SMILES string of the molecule is Cc1nc2cc(Nc3ccccc3[N+](=O)[O-])ccc2n1S(=O)(=O)c1ccccc1. The number of aromatic nitrogens is 2. The largest absolute Gasteiger partial charge is 0.350 e. The molecule has 1 aromatic heterocycles. The van der Waals surface area contributed by atoms with Gasteiger partial charge in [0.1, 0.15) is 11.5 Å². The second-order valence-electron chi connectivity index (χ2n) is 6.34. The van der Waals surface area contributed by atoms with Gasteiger partial charge in [-0.1, -0.05) is 30.3 Å². The minimum Gasteiger partial charge on any atom is -0.350 e. The predicted octanol–water partition coefficient (Wildman–Crippen LogP) is 4.23. The lowest BCUT2D eigenvalue weighted by Crippen LogP contribution is -2.14. The number of nitro benzene ring substituents is 1. The number of nitro groups is 1. The van der Waals surface area contributed by atoms with E-state index in [1.54, 1.807) is 61.5 Å². The summed E-state index contributed by atoms with van der Waals surface area (Å²) in [6, 6.07) is 19.4. The molecule has 9 heteroatoms. The number of aryl methyl sites for hydroxylation is 1. The fourth-order valence-electron chi connectivity index (χ4n) is 3.15. The van der Waals surface area contributed by atoms with Crippen molar-refractivity contribution in [3.05, 3.63) is 88.7 Å². The summed E-state index contributed by atoms with van der Waals surface area (Å²) in [6.07, 6.45) is 0. The molecule has 29 heavy (non-hydrogen) atoms. The molecule has 4 aromatic rings. The maximum atomic E-state index is 13.1. The van der Waals surface area contributed by atoms with Crippen LogP contribution in [0.15, 0.2) is 77.7 Å². The van der Waals surface area contributed by atoms with Gasteiger partial charge in [0.2, 0.25) is 0 Å². The fourth-order valence-corrected chi connectivity index (χ4v) is 4.67. The number of rotatable bonds is 5. The minimum absolute atomic E-state index is 0.0547. The van der Waals surface area contributed by atoms with Crippen LogP contribution in [-0.4, -0.2) is 22.3 Å². The van der Waals surface area contributed by atoms with E-state index < -0.39 is 14.9 Å². The molecule has 1 N–H and O–H groups in total. The van der Waals surface area contributed by atoms with Crippen LogP contribution >= 0.6 is 0 Å². The Morgan fingerprint density at radius 3 is 2.41 bits per heavy atom. The first-order chi connectivity index (χ1) is 13.9. The number of fused-ring (bicyclic) bond motifs is 1. The van der Waals surface area contributed by atoms with Gasteiger partial charge in [0.05, 0.1) is 20.9 Å². The number of hydrogen-bond donors (Lipinski definition) is 1. The van der Waals surface area contributed by atoms with Crippen LogP contribution in [0.1, 0.15) is 5.82 Å². The summed E-state index contributed by atoms with van der Waals surface area (Å²) in [5.74, 6) is 0.326. The summed E-state index contributed by atoms with van der Waals surface area (Å²) in [5, 5.41) is 14.2. The maximum Gasteiger partial charge on any atom is 0.292 e. The Morgan fingerprint density at radius 2 is 1.69 bits per heavy atom. The summed E-state index contributed by atoms with van der Waals surface area (Å²) < 4.78 is 27.3. The van der Waals surface area contributed by atoms with Gasteiger partial charge in [0.25, 0.3) is 15.7 Å². The van der Waals surface area contributed by atoms with Crippen molar-refractivity contribution >= 4 is 38.1 Å². The van der Waals surface area contributed by atoms with Crippen molar-refractivity contribution < 1.29 is 13.3 Å². The molecule has 0 amide bonds. The van der Waals surface area contributed by atoms with Crippen LogP contribution in [0.4, 0.5) is 17.1 Å². The van der Waals surface area contributed by atoms with Crippen LogP contribution in [0.5, 0.6) is 0 Å². The van der Waals surface area contributed by atoms with E-state index in [2.05, 4.69) is 10.3 Å². The van der Waals surface area contributed by atoms with Crippen molar-refractivity contribution in [2.75, 3.05) is 5.32 Å². The molecule has 0 unspecified atom stereocenters. The van der Waals surface area contributed by atoms with E-state index in [9.17, 15) is 18.5 Å². The first-order valence-corrected chi connectivity index (χ1v) is 10.1. The molecule has 0 aliphatic heterocycles. The predicted molar refractivity (Wildman–Crippen MR) is 110 cm³/mol. The highest BCUT2D eigenvalue weighted by molar-refractivity contribution is 7.90. The first-order valence-electron chi connectivity index (χ1n) is 8.68. The topological polar surface area (TPSA) is 107 Å². The molecule has 0 radical (unpaired) electrons. The Morgan fingerprint density at radius 1 is 1.00 bits per heavy atom. The van der Waals surface area contributed by atoms with Crippen molar-refractivity contribution in [2.24, 2.45) is 0 Å². The molecular weight excluding hydrogens is 392 g/mol. The van der Waals surface area contributed by atoms with Crippen LogP contribution in [0.25, 0.3) is 11.0 Å². The molecule has 0 saturated carbocycles. The maximum absolute atomic E-state index is 13.1. The first kappa shape index (κ1) is 18.6. The van der Waals surface area contributed by atoms with E-state index in [1.807, 2.05) is 0 Å². The molecule has 0 bridgehead atoms. The van der Waals surface area contributed by atoms with E-state index in [-0.39, 0.29) is 10.6 Å². The molecule has 0 aliphatic carbocycles. The second-order valence-corrected chi connectivity index (χ2v) is 8.13. The van der Waals surface area contributed by atoms with Gasteiger partial charge in [-0.05, 0) is 43.3 Å². The van der Waals surface area contributed by atoms with Crippen LogP contribution in [0.3, 0.4) is 0 Å². The zero-order valence-corrected chi connectivity index (χ0v) is 16.1. The van der Waals surface area contributed by atoms with Gasteiger partial charge in [0.15, 0.2) is 0 Å². The van der Waals surface area contributed by atoms with Gasteiger partial charge in [-0.2, -0.15) is 0 Å². The third kappa shape index (κ3) is 3.32. The molecule has 0 atom stereocenters. The third-order valence-corrected chi connectivity index (χ3v) is 6.24. The van der Waals surface area contributed by atoms with Crippen LogP contribution in [0, 0.1) is 17.0 Å². The molecular formula is C20H16N4O4S. The molecule has 4 rings (SSSR count). The van der Waals surface area contributed by atoms with Crippen molar-refractivity contribution in [1.29, 1.82) is 0 Å². The number of imidazole rings is 1. The Labute approximate surface area is 166 Å². The number of hydrogen-bond acceptors (Lipinski definition) is 6. The Hall–Kier alpha value is -3.72. The number of nitrogens with zero attached hydrogens (tertiary/aromatic N) is 3. The highest BCUT2D eigenvalue weighted by Crippen LogP contribution is 2.30. The fraction of sp³-hybridized carbons (Fsp3) is 0.0500. The summed E-state index contributed by atoms with van der Waals surface area (Å²) >= 11 is 0. The molecule has 146 valence electrons. The number of benzene rings is 3. The number of nitrogens with one attached hydrogen (secondary N) is 1. The third-order valence-electron chi connectivity index (χ3n) is 4.43. The molecule has 3 aromatic carbocycles. The Bertz CT molecular complexity index is 1330. The van der Waals surface area contributed by atoms with Gasteiger partial charge in [-0.15, -0.1) is 0 Å². The molecule has 0 fully saturated rings. The monoisotopic (exact) mass is 408 g/mol. The van der Waals surface area contributed by atoms with E-state index in [0.29, 0.717) is 28.2 Å². The van der Waals surface area contributed by atoms with E-state index >= 15 is 0 Å². The lowest BCUT2D eigenvalue weighted by molar-refractivity contribution is -0.383. The summed E-state index contributed by atoms with van der Waals surface area (Å²) in [7, 11) is -3.80. The zero-order chi connectivity index (χ0) is 20.6. The molecule has 8 nitrogen and oxygen atoms in total. The highest BCUT2D eigenvalue weighted by atomic mass is 32.2. The van der Waals surface area contributed by atoms with Gasteiger partial charge >= 0.3 is 0 Å². The van der Waals surface area contributed by atoms with E-state index in [0.717, 1.165) is 0 Å². The molecule has 1 heterocycles. The number of para-hydroxylation sites is 2. The van der Waals surface area contributed by atoms with Gasteiger partial charge in [-0.25, -0.2) is 17.4 Å². The molecule has 0 saturated heterocycles. The summed E-state index contributed by atoms with van der Waals surface area (Å²) in [6.45, 7) is 1.62. The van der Waals surface area contributed by atoms with Crippen LogP contribution in [-0.2, 0) is 10.0 Å². The van der Waals surface area contributed by atoms with E-state index in [1.165, 1.54) is 22.2 Å². The quantitative estimate of drug-likeness (QED) is 0.391. The van der Waals surface area contributed by atoms with Gasteiger partial charge in [-0.3, -0.25) is 10.1 Å². The van der Waals surface area contributed by atoms with E-state index in [4.69, 9.17) is 0 Å². The van der Waals surface area contributed by atoms with Crippen molar-refractivity contribution in [3.8, 4) is 0 Å². The summed E-state index contributed by atoms with van der Waals surface area (Å²) in [4.78, 5) is 15.3. The average Bonchev–Trinajstić information content (AvgIpc) is 3.04. The standard InChI is InChI=1S/C20H16N4O4S/c1-14-21-18-13-15(22-17-9-5-6-10-20(17)24(25)26)11-12-19(18)23(14)29(27,28)16-7-3-2-4-8-16/h2-13,22H,1H3. The molecule has 0 spiro atoms. The van der Waals surface area contributed by atoms with Crippen molar-refractivity contribution in [3.63, 3.8) is 0 Å². The Balaban J connectivity index is 1.78. The highest BCUT2D eigenvalue weighted by Gasteiger charge is 2.22. The minimum atomic E-state index is -3.80.